The fraction of sp³-hybridized carbons (Fsp3) is 0.595. The molecule has 2 aromatic carbocycles. The minimum Gasteiger partial charge on any atom is -0.436 e. The van der Waals surface area contributed by atoms with Crippen LogP contribution in [0, 0.1) is 12.8 Å². The van der Waals surface area contributed by atoms with Gasteiger partial charge in [-0.2, -0.15) is 13.2 Å². The number of fused-ring (bicyclic) bond motifs is 2. The number of hydrogen-bond acceptors (Lipinski definition) is 6. The molecule has 3 amide bonds. The molecule has 50 heavy (non-hydrogen) atoms. The third-order valence-electron chi connectivity index (χ3n) is 11.2. The average Bonchev–Trinajstić information content (AvgIpc) is 3.09. The quantitative estimate of drug-likeness (QED) is 0.365. The molecule has 3 fully saturated rings. The first-order chi connectivity index (χ1) is 23.9. The van der Waals surface area contributed by atoms with E-state index in [1.54, 1.807) is 4.90 Å². The van der Waals surface area contributed by atoms with Gasteiger partial charge in [0.05, 0.1) is 5.56 Å². The van der Waals surface area contributed by atoms with Crippen LogP contribution in [-0.4, -0.2) is 97.1 Å². The lowest BCUT2D eigenvalue weighted by molar-refractivity contribution is -0.143. The topological polar surface area (TPSA) is 94.2 Å². The number of nitrogens with zero attached hydrogens (tertiary/aromatic N) is 3. The number of halogens is 4. The number of benzene rings is 2. The maximum atomic E-state index is 14.1. The zero-order valence-electron chi connectivity index (χ0n) is 28.8. The number of rotatable bonds is 7. The van der Waals surface area contributed by atoms with Crippen molar-refractivity contribution >= 4 is 35.2 Å². The van der Waals surface area contributed by atoms with Gasteiger partial charge in [-0.25, -0.2) is 4.79 Å². The molecule has 4 aliphatic rings. The highest BCUT2D eigenvalue weighted by Crippen LogP contribution is 2.45. The molecule has 3 atom stereocenters. The lowest BCUT2D eigenvalue weighted by Gasteiger charge is -2.45. The van der Waals surface area contributed by atoms with Gasteiger partial charge in [0.2, 0.25) is 5.91 Å². The van der Waals surface area contributed by atoms with Gasteiger partial charge < -0.3 is 25.2 Å². The van der Waals surface area contributed by atoms with E-state index in [9.17, 15) is 27.6 Å². The Hall–Kier alpha value is -3.35. The molecule has 0 radical (unpaired) electrons. The second kappa shape index (κ2) is 15.1. The van der Waals surface area contributed by atoms with E-state index in [1.807, 2.05) is 24.3 Å². The Kier molecular flexibility index (Phi) is 11.0. The van der Waals surface area contributed by atoms with E-state index in [-0.39, 0.29) is 28.5 Å². The smallest absolute Gasteiger partial charge is 0.416 e. The zero-order valence-corrected chi connectivity index (χ0v) is 29.5. The van der Waals surface area contributed by atoms with E-state index in [2.05, 4.69) is 22.5 Å². The summed E-state index contributed by atoms with van der Waals surface area (Å²) in [5.41, 5.74) is 0.588. The normalized spacial score (nSPS) is 23.3. The first-order valence-electron chi connectivity index (χ1n) is 17.8. The second-order valence-electron chi connectivity index (χ2n) is 14.3. The van der Waals surface area contributed by atoms with Crippen LogP contribution < -0.4 is 10.6 Å². The van der Waals surface area contributed by atoms with Crippen molar-refractivity contribution in [3.05, 3.63) is 63.7 Å². The Morgan fingerprint density at radius 1 is 1.06 bits per heavy atom. The fourth-order valence-corrected chi connectivity index (χ4v) is 8.70. The van der Waals surface area contributed by atoms with Gasteiger partial charge in [0.15, 0.2) is 6.10 Å². The summed E-state index contributed by atoms with van der Waals surface area (Å²) in [6, 6.07) is 10.5. The summed E-state index contributed by atoms with van der Waals surface area (Å²) in [5.74, 6) is 0.0917. The fourth-order valence-electron chi connectivity index (χ4n) is 8.46. The van der Waals surface area contributed by atoms with Crippen LogP contribution >= 0.6 is 11.6 Å². The van der Waals surface area contributed by atoms with E-state index in [0.29, 0.717) is 70.5 Å². The number of amides is 3. The van der Waals surface area contributed by atoms with Crippen LogP contribution in [0.15, 0.2) is 36.4 Å². The first-order valence-corrected chi connectivity index (χ1v) is 18.2. The number of carbonyl (C=O) groups excluding carboxylic acids is 3. The number of hydrogen-bond donors (Lipinski definition) is 2. The second-order valence-corrected chi connectivity index (χ2v) is 14.7. The Labute approximate surface area is 296 Å². The van der Waals surface area contributed by atoms with E-state index in [4.69, 9.17) is 16.3 Å². The number of alkyl halides is 3. The van der Waals surface area contributed by atoms with Crippen LogP contribution in [0.25, 0.3) is 0 Å². The lowest BCUT2D eigenvalue weighted by atomic mass is 9.68. The average molecular weight is 718 g/mol. The van der Waals surface area contributed by atoms with Gasteiger partial charge in [0, 0.05) is 80.8 Å². The summed E-state index contributed by atoms with van der Waals surface area (Å²) < 4.78 is 47.7. The van der Waals surface area contributed by atoms with Crippen molar-refractivity contribution in [2.24, 2.45) is 5.92 Å². The largest absolute Gasteiger partial charge is 0.436 e. The number of piperazine rings is 1. The van der Waals surface area contributed by atoms with Gasteiger partial charge in [-0.15, -0.1) is 0 Å². The molecule has 2 unspecified atom stereocenters. The number of anilines is 1. The Morgan fingerprint density at radius 3 is 2.48 bits per heavy atom. The minimum atomic E-state index is -4.64. The molecule has 3 saturated heterocycles. The van der Waals surface area contributed by atoms with Gasteiger partial charge in [0.25, 0.3) is 5.91 Å². The molecule has 2 N–H and O–H groups in total. The van der Waals surface area contributed by atoms with Crippen molar-refractivity contribution in [1.29, 1.82) is 0 Å². The molecule has 9 nitrogen and oxygen atoms in total. The molecule has 0 bridgehead atoms. The highest BCUT2D eigenvalue weighted by Gasteiger charge is 2.44. The van der Waals surface area contributed by atoms with E-state index >= 15 is 0 Å². The van der Waals surface area contributed by atoms with Crippen LogP contribution in [0.2, 0.25) is 5.02 Å². The number of ether oxygens (including phenoxy) is 1. The maximum Gasteiger partial charge on any atom is 0.416 e. The molecule has 0 aliphatic carbocycles. The molecule has 6 rings (SSSR count). The minimum absolute atomic E-state index is 0.0678. The molecule has 4 heterocycles. The van der Waals surface area contributed by atoms with E-state index in [1.165, 1.54) is 17.9 Å². The number of para-hydroxylation sites is 1. The Morgan fingerprint density at radius 2 is 1.78 bits per heavy atom. The van der Waals surface area contributed by atoms with Crippen LogP contribution in [0.3, 0.4) is 0 Å². The van der Waals surface area contributed by atoms with Gasteiger partial charge in [-0.1, -0.05) is 43.1 Å². The molecule has 0 aromatic heterocycles. The molecule has 272 valence electrons. The van der Waals surface area contributed by atoms with Gasteiger partial charge in [-0.3, -0.25) is 14.5 Å². The number of nitrogens with one attached hydrogen (secondary N) is 2. The zero-order chi connectivity index (χ0) is 35.6. The standard InChI is InChI=1S/C37H47ClF3N5O4/c1-3-6-26-9-12-42-23-31(26)44-15-17-45(18-16-44)34(48)32(21-25-19-28(37(39,40)41)24(2)29(38)20-25)50-35(49)46-13-10-36(11-14-46)22-33(47)43-30-8-5-4-7-27(30)36/h4-5,7-8,19-20,26,31-32,42H,3,6,9-18,21-23H2,1-2H3,(H,43,47)/t26?,31?,32-/m1/s1. The Bertz CT molecular complexity index is 1570. The number of piperidine rings is 2. The summed E-state index contributed by atoms with van der Waals surface area (Å²) in [6.45, 7) is 8.22. The van der Waals surface area contributed by atoms with E-state index in [0.717, 1.165) is 49.7 Å². The summed E-state index contributed by atoms with van der Waals surface area (Å²) in [7, 11) is 0. The first kappa shape index (κ1) is 36.4. The van der Waals surface area contributed by atoms with Crippen LogP contribution in [-0.2, 0) is 32.3 Å². The Balaban J connectivity index is 1.18. The summed E-state index contributed by atoms with van der Waals surface area (Å²) in [4.78, 5) is 46.1. The van der Waals surface area contributed by atoms with Crippen molar-refractivity contribution in [3.63, 3.8) is 0 Å². The predicted molar refractivity (Wildman–Crippen MR) is 185 cm³/mol. The van der Waals surface area contributed by atoms with Crippen molar-refractivity contribution in [3.8, 4) is 0 Å². The number of likely N-dealkylation sites (tertiary alicyclic amines) is 1. The monoisotopic (exact) mass is 717 g/mol. The van der Waals surface area contributed by atoms with Gasteiger partial charge >= 0.3 is 12.3 Å². The van der Waals surface area contributed by atoms with Crippen molar-refractivity contribution in [2.75, 3.05) is 57.7 Å². The highest BCUT2D eigenvalue weighted by atomic mass is 35.5. The van der Waals surface area contributed by atoms with Crippen LogP contribution in [0.5, 0.6) is 0 Å². The highest BCUT2D eigenvalue weighted by molar-refractivity contribution is 6.31. The van der Waals surface area contributed by atoms with Crippen molar-refractivity contribution in [2.45, 2.75) is 82.5 Å². The molecule has 4 aliphatic heterocycles. The molecule has 0 saturated carbocycles. The SMILES string of the molecule is CCCC1CCNCC1N1CCN(C(=O)[C@@H](Cc2cc(Cl)c(C)c(C(F)(F)F)c2)OC(=O)N2CCC3(CC2)CC(=O)Nc2ccccc23)CC1. The van der Waals surface area contributed by atoms with Crippen LogP contribution in [0.1, 0.15) is 67.7 Å². The molecule has 1 spiro atoms. The summed E-state index contributed by atoms with van der Waals surface area (Å²) in [6.07, 6.45) is -2.16. The molecular weight excluding hydrogens is 671 g/mol. The summed E-state index contributed by atoms with van der Waals surface area (Å²) >= 11 is 6.25. The molecule has 2 aromatic rings. The maximum absolute atomic E-state index is 14.1. The summed E-state index contributed by atoms with van der Waals surface area (Å²) in [5, 5.41) is 6.38. The lowest BCUT2D eigenvalue weighted by Crippen LogP contribution is -2.59. The third-order valence-corrected chi connectivity index (χ3v) is 11.6. The van der Waals surface area contributed by atoms with Crippen molar-refractivity contribution < 1.29 is 32.3 Å². The predicted octanol–water partition coefficient (Wildman–Crippen LogP) is 6.01. The number of carbonyl (C=O) groups is 3. The van der Waals surface area contributed by atoms with Gasteiger partial charge in [-0.05, 0) is 80.0 Å². The molecular formula is C37H47ClF3N5O4. The van der Waals surface area contributed by atoms with Crippen molar-refractivity contribution in [1.82, 2.24) is 20.0 Å². The van der Waals surface area contributed by atoms with E-state index < -0.39 is 35.3 Å². The molecule has 13 heteroatoms. The van der Waals surface area contributed by atoms with Crippen LogP contribution in [0.4, 0.5) is 23.7 Å². The third kappa shape index (κ3) is 7.77. The van der Waals surface area contributed by atoms with Gasteiger partial charge in [0.1, 0.15) is 0 Å².